The highest BCUT2D eigenvalue weighted by Crippen LogP contribution is 2.19. The minimum Gasteiger partial charge on any atom is -0.489 e. The second kappa shape index (κ2) is 8.45. The van der Waals surface area contributed by atoms with Gasteiger partial charge in [-0.2, -0.15) is 9.50 Å². The molecular formula is C24H16BrN3O2S. The normalized spacial score (nSPS) is 11.8. The van der Waals surface area contributed by atoms with E-state index in [1.165, 1.54) is 15.9 Å². The summed E-state index contributed by atoms with van der Waals surface area (Å²) in [7, 11) is 0. The van der Waals surface area contributed by atoms with Crippen LogP contribution in [-0.2, 0) is 6.61 Å². The Morgan fingerprint density at radius 3 is 2.42 bits per heavy atom. The molecule has 0 saturated carbocycles. The van der Waals surface area contributed by atoms with Crippen LogP contribution in [-0.4, -0.2) is 14.6 Å². The SMILES string of the molecule is O=c1c(=Cc2ccc(OCc3ccccc3)cc2)sc2nc(-c3ccc(Br)cc3)nn12. The molecule has 5 nitrogen and oxygen atoms in total. The van der Waals surface area contributed by atoms with E-state index in [1.807, 2.05) is 84.9 Å². The Kier molecular flexibility index (Phi) is 5.36. The molecule has 5 rings (SSSR count). The van der Waals surface area contributed by atoms with Crippen molar-refractivity contribution in [2.75, 3.05) is 0 Å². The molecule has 0 spiro atoms. The number of hydrogen-bond acceptors (Lipinski definition) is 5. The van der Waals surface area contributed by atoms with Crippen molar-refractivity contribution < 1.29 is 4.74 Å². The number of fused-ring (bicyclic) bond motifs is 1. The molecule has 0 unspecified atom stereocenters. The average Bonchev–Trinajstić information content (AvgIpc) is 3.34. The van der Waals surface area contributed by atoms with Gasteiger partial charge in [-0.25, -0.2) is 0 Å². The largest absolute Gasteiger partial charge is 0.489 e. The van der Waals surface area contributed by atoms with Crippen LogP contribution in [0.4, 0.5) is 0 Å². The van der Waals surface area contributed by atoms with Crippen LogP contribution in [0.15, 0.2) is 88.1 Å². The standard InChI is InChI=1S/C24H16BrN3O2S/c25-19-10-8-18(9-11-19)22-26-24-28(27-22)23(29)21(31-24)14-16-6-12-20(13-7-16)30-15-17-4-2-1-3-5-17/h1-14H,15H2. The molecule has 0 aliphatic rings. The number of nitrogens with zero attached hydrogens (tertiary/aromatic N) is 3. The van der Waals surface area contributed by atoms with Crippen molar-refractivity contribution in [3.8, 4) is 17.1 Å². The summed E-state index contributed by atoms with van der Waals surface area (Å²) in [4.78, 5) is 17.9. The first-order chi connectivity index (χ1) is 15.2. The average molecular weight is 490 g/mol. The Hall–Kier alpha value is -3.29. The summed E-state index contributed by atoms with van der Waals surface area (Å²) in [6.07, 6.45) is 1.85. The van der Waals surface area contributed by atoms with Crippen molar-refractivity contribution >= 4 is 38.3 Å². The van der Waals surface area contributed by atoms with Gasteiger partial charge >= 0.3 is 0 Å². The third-order valence-electron chi connectivity index (χ3n) is 4.71. The molecule has 2 heterocycles. The summed E-state index contributed by atoms with van der Waals surface area (Å²) in [5.41, 5.74) is 2.74. The topological polar surface area (TPSA) is 56.5 Å². The van der Waals surface area contributed by atoms with E-state index in [-0.39, 0.29) is 5.56 Å². The van der Waals surface area contributed by atoms with E-state index in [9.17, 15) is 4.79 Å². The maximum atomic E-state index is 12.8. The van der Waals surface area contributed by atoms with Crippen LogP contribution in [0.1, 0.15) is 11.1 Å². The summed E-state index contributed by atoms with van der Waals surface area (Å²) in [5.74, 6) is 1.33. The van der Waals surface area contributed by atoms with Crippen molar-refractivity contribution in [3.05, 3.63) is 109 Å². The number of aromatic nitrogens is 3. The molecular weight excluding hydrogens is 474 g/mol. The maximum absolute atomic E-state index is 12.8. The first kappa shape index (κ1) is 19.7. The smallest absolute Gasteiger partial charge is 0.291 e. The van der Waals surface area contributed by atoms with Crippen LogP contribution in [0.2, 0.25) is 0 Å². The van der Waals surface area contributed by atoms with E-state index in [0.29, 0.717) is 21.9 Å². The van der Waals surface area contributed by atoms with Crippen molar-refractivity contribution in [2.45, 2.75) is 6.61 Å². The van der Waals surface area contributed by atoms with E-state index in [1.54, 1.807) is 0 Å². The molecule has 0 amide bonds. The highest BCUT2D eigenvalue weighted by molar-refractivity contribution is 9.10. The van der Waals surface area contributed by atoms with Gasteiger partial charge in [-0.05, 0) is 41.5 Å². The summed E-state index contributed by atoms with van der Waals surface area (Å²) in [5, 5.41) is 4.39. The monoisotopic (exact) mass is 489 g/mol. The van der Waals surface area contributed by atoms with E-state index in [0.717, 1.165) is 26.9 Å². The van der Waals surface area contributed by atoms with Crippen molar-refractivity contribution in [3.63, 3.8) is 0 Å². The van der Waals surface area contributed by atoms with Gasteiger partial charge in [-0.1, -0.05) is 81.9 Å². The summed E-state index contributed by atoms with van der Waals surface area (Å²) < 4.78 is 8.76. The Balaban J connectivity index is 1.37. The quantitative estimate of drug-likeness (QED) is 0.358. The van der Waals surface area contributed by atoms with Gasteiger partial charge in [0.15, 0.2) is 5.82 Å². The third kappa shape index (κ3) is 4.28. The molecule has 0 aliphatic carbocycles. The molecule has 31 heavy (non-hydrogen) atoms. The van der Waals surface area contributed by atoms with Crippen LogP contribution in [0.3, 0.4) is 0 Å². The van der Waals surface area contributed by atoms with Crippen LogP contribution < -0.4 is 14.8 Å². The molecule has 0 atom stereocenters. The highest BCUT2D eigenvalue weighted by atomic mass is 79.9. The Bertz CT molecular complexity index is 1440. The fourth-order valence-corrected chi connectivity index (χ4v) is 4.28. The number of halogens is 1. The van der Waals surface area contributed by atoms with Gasteiger partial charge in [0.1, 0.15) is 12.4 Å². The lowest BCUT2D eigenvalue weighted by molar-refractivity contribution is 0.306. The molecule has 2 aromatic heterocycles. The predicted octanol–water partition coefficient (Wildman–Crippen LogP) is 4.71. The summed E-state index contributed by atoms with van der Waals surface area (Å²) >= 11 is 4.75. The van der Waals surface area contributed by atoms with Gasteiger partial charge in [-0.15, -0.1) is 5.10 Å². The van der Waals surface area contributed by atoms with Gasteiger partial charge in [0, 0.05) is 10.0 Å². The number of thiazole rings is 1. The van der Waals surface area contributed by atoms with Gasteiger partial charge < -0.3 is 4.74 Å². The number of rotatable bonds is 5. The molecule has 152 valence electrons. The van der Waals surface area contributed by atoms with Crippen LogP contribution in [0, 0.1) is 0 Å². The number of benzene rings is 3. The molecule has 7 heteroatoms. The van der Waals surface area contributed by atoms with E-state index in [4.69, 9.17) is 4.74 Å². The van der Waals surface area contributed by atoms with Crippen LogP contribution >= 0.6 is 27.3 Å². The van der Waals surface area contributed by atoms with E-state index < -0.39 is 0 Å². The van der Waals surface area contributed by atoms with Crippen LogP contribution in [0.25, 0.3) is 22.4 Å². The summed E-state index contributed by atoms with van der Waals surface area (Å²) in [6.45, 7) is 0.517. The minimum atomic E-state index is -0.166. The lowest BCUT2D eigenvalue weighted by Crippen LogP contribution is -2.23. The van der Waals surface area contributed by atoms with Crippen molar-refractivity contribution in [1.82, 2.24) is 14.6 Å². The predicted molar refractivity (Wildman–Crippen MR) is 126 cm³/mol. The van der Waals surface area contributed by atoms with E-state index >= 15 is 0 Å². The van der Waals surface area contributed by atoms with Gasteiger partial charge in [-0.3, -0.25) is 4.79 Å². The zero-order valence-electron chi connectivity index (χ0n) is 16.2. The number of ether oxygens (including phenoxy) is 1. The van der Waals surface area contributed by atoms with Gasteiger partial charge in [0.05, 0.1) is 4.53 Å². The molecule has 0 fully saturated rings. The Morgan fingerprint density at radius 2 is 1.71 bits per heavy atom. The zero-order chi connectivity index (χ0) is 21.2. The molecule has 0 aliphatic heterocycles. The Morgan fingerprint density at radius 1 is 0.968 bits per heavy atom. The second-order valence-electron chi connectivity index (χ2n) is 6.90. The Labute approximate surface area is 190 Å². The second-order valence-corrected chi connectivity index (χ2v) is 8.82. The molecule has 0 bridgehead atoms. The fourth-order valence-electron chi connectivity index (χ4n) is 3.11. The summed E-state index contributed by atoms with van der Waals surface area (Å²) in [6, 6.07) is 25.4. The molecule has 0 N–H and O–H groups in total. The van der Waals surface area contributed by atoms with Crippen molar-refractivity contribution in [1.29, 1.82) is 0 Å². The fraction of sp³-hybridized carbons (Fsp3) is 0.0417. The van der Waals surface area contributed by atoms with Crippen molar-refractivity contribution in [2.24, 2.45) is 0 Å². The van der Waals surface area contributed by atoms with Gasteiger partial charge in [0.2, 0.25) is 4.96 Å². The molecule has 5 aromatic rings. The first-order valence-electron chi connectivity index (χ1n) is 9.60. The minimum absolute atomic E-state index is 0.166. The highest BCUT2D eigenvalue weighted by Gasteiger charge is 2.12. The molecule has 0 saturated heterocycles. The third-order valence-corrected chi connectivity index (χ3v) is 6.20. The molecule has 0 radical (unpaired) electrons. The lowest BCUT2D eigenvalue weighted by atomic mass is 10.2. The first-order valence-corrected chi connectivity index (χ1v) is 11.2. The molecule has 3 aromatic carbocycles. The van der Waals surface area contributed by atoms with Crippen LogP contribution in [0.5, 0.6) is 5.75 Å². The zero-order valence-corrected chi connectivity index (χ0v) is 18.6. The number of hydrogen-bond donors (Lipinski definition) is 0. The lowest BCUT2D eigenvalue weighted by Gasteiger charge is -2.06. The maximum Gasteiger partial charge on any atom is 0.291 e. The van der Waals surface area contributed by atoms with E-state index in [2.05, 4.69) is 26.0 Å². The van der Waals surface area contributed by atoms with Gasteiger partial charge in [0.25, 0.3) is 5.56 Å².